The van der Waals surface area contributed by atoms with Crippen molar-refractivity contribution in [3.63, 3.8) is 0 Å². The molecule has 138 valence electrons. The van der Waals surface area contributed by atoms with Gasteiger partial charge < -0.3 is 15.7 Å². The van der Waals surface area contributed by atoms with Crippen molar-refractivity contribution in [2.45, 2.75) is 13.1 Å². The number of aromatic nitrogens is 3. The second-order valence-corrected chi connectivity index (χ2v) is 5.08. The number of aryl methyl sites for hydroxylation is 1. The fourth-order valence-electron chi connectivity index (χ4n) is 1.96. The number of carbonyl (C=O) groups is 2. The quantitative estimate of drug-likeness (QED) is 0.664. The lowest BCUT2D eigenvalue weighted by Gasteiger charge is -2.09. The monoisotopic (exact) mass is 369 g/mol. The van der Waals surface area contributed by atoms with Crippen LogP contribution in [0.25, 0.3) is 0 Å². The van der Waals surface area contributed by atoms with E-state index in [0.717, 1.165) is 12.3 Å². The molecule has 0 aliphatic rings. The van der Waals surface area contributed by atoms with Crippen molar-refractivity contribution in [1.29, 1.82) is 0 Å². The molecule has 3 N–H and O–H groups in total. The number of nitrogens with one attached hydrogen (secondary N) is 2. The molecule has 26 heavy (non-hydrogen) atoms. The molecule has 0 spiro atoms. The normalized spacial score (nSPS) is 11.1. The summed E-state index contributed by atoms with van der Waals surface area (Å²) in [6.07, 6.45) is -3.59. The maximum Gasteiger partial charge on any atom is 0.433 e. The van der Waals surface area contributed by atoms with Gasteiger partial charge in [0.2, 0.25) is 5.95 Å². The molecule has 0 unspecified atom stereocenters. The molecule has 11 heteroatoms. The number of carbonyl (C=O) groups excluding carboxylic acids is 1. The van der Waals surface area contributed by atoms with Crippen LogP contribution in [-0.2, 0) is 6.18 Å². The first-order valence-electron chi connectivity index (χ1n) is 7.31. The number of alkyl halides is 3. The molecule has 0 aliphatic carbocycles. The second kappa shape index (κ2) is 7.76. The third-order valence-electron chi connectivity index (χ3n) is 3.19. The van der Waals surface area contributed by atoms with Crippen LogP contribution in [0, 0.1) is 6.92 Å². The Labute approximate surface area is 145 Å². The average Bonchev–Trinajstić information content (AvgIpc) is 2.57. The first-order valence-corrected chi connectivity index (χ1v) is 7.31. The molecular formula is C15H14F3N5O3. The van der Waals surface area contributed by atoms with Gasteiger partial charge in [0.1, 0.15) is 11.4 Å². The first kappa shape index (κ1) is 19.1. The number of halogens is 3. The molecule has 2 heterocycles. The van der Waals surface area contributed by atoms with Gasteiger partial charge in [0.15, 0.2) is 0 Å². The number of carboxylic acid groups (broad SMARTS) is 1. The van der Waals surface area contributed by atoms with Crippen LogP contribution in [0.3, 0.4) is 0 Å². The standard InChI is InChI=1S/C15H14F3N5O3/c1-8-9(13(25)26)2-3-10(22-8)12(24)19-6-7-21-14-20-5-4-11(23-14)15(16,17)18/h2-5H,6-7H2,1H3,(H,19,24)(H,25,26)(H,20,21,23). The summed E-state index contributed by atoms with van der Waals surface area (Å²) in [5.74, 6) is -1.90. The summed E-state index contributed by atoms with van der Waals surface area (Å²) < 4.78 is 37.6. The van der Waals surface area contributed by atoms with Gasteiger partial charge >= 0.3 is 12.1 Å². The lowest BCUT2D eigenvalue weighted by atomic mass is 10.2. The molecule has 2 aromatic heterocycles. The first-order chi connectivity index (χ1) is 12.2. The zero-order valence-electron chi connectivity index (χ0n) is 13.5. The maximum absolute atomic E-state index is 12.5. The van der Waals surface area contributed by atoms with Crippen LogP contribution >= 0.6 is 0 Å². The van der Waals surface area contributed by atoms with Gasteiger partial charge in [-0.05, 0) is 25.1 Å². The largest absolute Gasteiger partial charge is 0.478 e. The van der Waals surface area contributed by atoms with Gasteiger partial charge in [0.05, 0.1) is 11.3 Å². The molecule has 1 amide bonds. The van der Waals surface area contributed by atoms with E-state index in [2.05, 4.69) is 25.6 Å². The van der Waals surface area contributed by atoms with Crippen molar-refractivity contribution in [3.05, 3.63) is 47.0 Å². The molecule has 0 aliphatic heterocycles. The van der Waals surface area contributed by atoms with Crippen LogP contribution < -0.4 is 10.6 Å². The zero-order valence-corrected chi connectivity index (χ0v) is 13.5. The van der Waals surface area contributed by atoms with Crippen molar-refractivity contribution in [3.8, 4) is 0 Å². The van der Waals surface area contributed by atoms with Crippen LogP contribution in [0.15, 0.2) is 24.4 Å². The Morgan fingerprint density at radius 1 is 1.15 bits per heavy atom. The smallest absolute Gasteiger partial charge is 0.433 e. The van der Waals surface area contributed by atoms with E-state index in [9.17, 15) is 22.8 Å². The predicted molar refractivity (Wildman–Crippen MR) is 83.8 cm³/mol. The number of pyridine rings is 1. The van der Waals surface area contributed by atoms with Gasteiger partial charge in [-0.1, -0.05) is 0 Å². The minimum absolute atomic E-state index is 0.00934. The van der Waals surface area contributed by atoms with E-state index < -0.39 is 23.7 Å². The number of nitrogens with zero attached hydrogens (tertiary/aromatic N) is 3. The van der Waals surface area contributed by atoms with Crippen molar-refractivity contribution in [2.75, 3.05) is 18.4 Å². The third-order valence-corrected chi connectivity index (χ3v) is 3.19. The molecule has 8 nitrogen and oxygen atoms in total. The summed E-state index contributed by atoms with van der Waals surface area (Å²) in [5.41, 5.74) is -0.856. The molecule has 2 aromatic rings. The van der Waals surface area contributed by atoms with E-state index in [1.54, 1.807) is 0 Å². The van der Waals surface area contributed by atoms with Crippen LogP contribution in [0.4, 0.5) is 19.1 Å². The minimum Gasteiger partial charge on any atom is -0.478 e. The minimum atomic E-state index is -4.57. The predicted octanol–water partition coefficient (Wildman–Crippen LogP) is 1.74. The third kappa shape index (κ3) is 4.88. The molecule has 0 saturated heterocycles. The Hall–Kier alpha value is -3.24. The SMILES string of the molecule is Cc1nc(C(=O)NCCNc2nccc(C(F)(F)F)n2)ccc1C(=O)O. The van der Waals surface area contributed by atoms with Crippen LogP contribution in [-0.4, -0.2) is 45.0 Å². The van der Waals surface area contributed by atoms with Gasteiger partial charge in [-0.25, -0.2) is 19.7 Å². The number of aromatic carboxylic acids is 1. The van der Waals surface area contributed by atoms with E-state index in [1.165, 1.54) is 19.1 Å². The molecule has 2 rings (SSSR count). The summed E-state index contributed by atoms with van der Waals surface area (Å²) in [6, 6.07) is 3.30. The Kier molecular flexibility index (Phi) is 5.70. The lowest BCUT2D eigenvalue weighted by molar-refractivity contribution is -0.141. The van der Waals surface area contributed by atoms with Crippen molar-refractivity contribution in [1.82, 2.24) is 20.3 Å². The van der Waals surface area contributed by atoms with E-state index >= 15 is 0 Å². The molecule has 0 saturated carbocycles. The Morgan fingerprint density at radius 2 is 1.88 bits per heavy atom. The van der Waals surface area contributed by atoms with E-state index in [1.807, 2.05) is 0 Å². The average molecular weight is 369 g/mol. The number of rotatable bonds is 6. The maximum atomic E-state index is 12.5. The Balaban J connectivity index is 1.87. The number of anilines is 1. The number of hydrogen-bond donors (Lipinski definition) is 3. The van der Waals surface area contributed by atoms with Crippen LogP contribution in [0.5, 0.6) is 0 Å². The zero-order chi connectivity index (χ0) is 19.3. The highest BCUT2D eigenvalue weighted by Crippen LogP contribution is 2.27. The fraction of sp³-hybridized carbons (Fsp3) is 0.267. The summed E-state index contributed by atoms with van der Waals surface area (Å²) in [6.45, 7) is 1.62. The van der Waals surface area contributed by atoms with Gasteiger partial charge in [0.25, 0.3) is 5.91 Å². The van der Waals surface area contributed by atoms with Crippen LogP contribution in [0.1, 0.15) is 32.2 Å². The number of carboxylic acids is 1. The summed E-state index contributed by atoms with van der Waals surface area (Å²) in [4.78, 5) is 33.7. The topological polar surface area (TPSA) is 117 Å². The van der Waals surface area contributed by atoms with Gasteiger partial charge in [-0.2, -0.15) is 13.2 Å². The summed E-state index contributed by atoms with van der Waals surface area (Å²) in [7, 11) is 0. The van der Waals surface area contributed by atoms with E-state index in [0.29, 0.717) is 0 Å². The molecule has 0 fully saturated rings. The van der Waals surface area contributed by atoms with Crippen molar-refractivity contribution < 1.29 is 27.9 Å². The highest BCUT2D eigenvalue weighted by molar-refractivity contribution is 5.94. The Bertz CT molecular complexity index is 826. The fourth-order valence-corrected chi connectivity index (χ4v) is 1.96. The summed E-state index contributed by atoms with van der Waals surface area (Å²) >= 11 is 0. The number of amides is 1. The van der Waals surface area contributed by atoms with Crippen LogP contribution in [0.2, 0.25) is 0 Å². The number of hydrogen-bond acceptors (Lipinski definition) is 6. The molecule has 0 atom stereocenters. The highest BCUT2D eigenvalue weighted by Gasteiger charge is 2.32. The molecule has 0 radical (unpaired) electrons. The summed E-state index contributed by atoms with van der Waals surface area (Å²) in [5, 5.41) is 14.0. The molecule has 0 bridgehead atoms. The highest BCUT2D eigenvalue weighted by atomic mass is 19.4. The second-order valence-electron chi connectivity index (χ2n) is 5.08. The van der Waals surface area contributed by atoms with Crippen molar-refractivity contribution >= 4 is 17.8 Å². The molecule has 0 aromatic carbocycles. The van der Waals surface area contributed by atoms with E-state index in [4.69, 9.17) is 5.11 Å². The van der Waals surface area contributed by atoms with E-state index in [-0.39, 0.29) is 36.0 Å². The van der Waals surface area contributed by atoms with Crippen molar-refractivity contribution in [2.24, 2.45) is 0 Å². The van der Waals surface area contributed by atoms with Gasteiger partial charge in [-0.3, -0.25) is 4.79 Å². The van der Waals surface area contributed by atoms with Gasteiger partial charge in [0, 0.05) is 19.3 Å². The van der Waals surface area contributed by atoms with Gasteiger partial charge in [-0.15, -0.1) is 0 Å². The lowest BCUT2D eigenvalue weighted by Crippen LogP contribution is -2.30. The Morgan fingerprint density at radius 3 is 2.50 bits per heavy atom. The molecular weight excluding hydrogens is 355 g/mol.